The lowest BCUT2D eigenvalue weighted by molar-refractivity contribution is 0.232. The number of hydrogen-bond donors (Lipinski definition) is 0. The van der Waals surface area contributed by atoms with Crippen LogP contribution in [0.1, 0.15) is 30.4 Å². The summed E-state index contributed by atoms with van der Waals surface area (Å²) < 4.78 is 11.2. The van der Waals surface area contributed by atoms with Gasteiger partial charge in [0.15, 0.2) is 0 Å². The largest absolute Gasteiger partial charge is 0.423 e. The molecule has 0 fully saturated rings. The molecule has 0 aliphatic rings. The van der Waals surface area contributed by atoms with Gasteiger partial charge in [-0.3, -0.25) is 4.90 Å². The van der Waals surface area contributed by atoms with Crippen LogP contribution in [0.15, 0.2) is 55.4 Å². The van der Waals surface area contributed by atoms with Crippen LogP contribution in [0.2, 0.25) is 0 Å². The smallest absolute Gasteiger partial charge is 0.336 e. The Bertz CT molecular complexity index is 1130. The van der Waals surface area contributed by atoms with E-state index in [2.05, 4.69) is 22.0 Å². The SMILES string of the molecule is CCCN(Cc1nnc(-c2cccs2)o1)Cc1cc(=O)oc2cc(C)ccc12. The summed E-state index contributed by atoms with van der Waals surface area (Å²) in [7, 11) is 0. The minimum absolute atomic E-state index is 0.331. The number of nitrogens with zero attached hydrogens (tertiary/aromatic N) is 3. The molecule has 7 heteroatoms. The van der Waals surface area contributed by atoms with E-state index < -0.39 is 0 Å². The summed E-state index contributed by atoms with van der Waals surface area (Å²) in [5, 5.41) is 11.3. The molecule has 0 bridgehead atoms. The van der Waals surface area contributed by atoms with Gasteiger partial charge < -0.3 is 8.83 Å². The van der Waals surface area contributed by atoms with Crippen LogP contribution in [0.3, 0.4) is 0 Å². The van der Waals surface area contributed by atoms with Crippen molar-refractivity contribution < 1.29 is 8.83 Å². The molecular weight excluding hydrogens is 374 g/mol. The van der Waals surface area contributed by atoms with Gasteiger partial charge in [0.2, 0.25) is 5.89 Å². The topological polar surface area (TPSA) is 72.4 Å². The summed E-state index contributed by atoms with van der Waals surface area (Å²) >= 11 is 1.57. The Morgan fingerprint density at radius 2 is 2.00 bits per heavy atom. The zero-order chi connectivity index (χ0) is 19.5. The minimum Gasteiger partial charge on any atom is -0.423 e. The minimum atomic E-state index is -0.331. The summed E-state index contributed by atoms with van der Waals surface area (Å²) in [6, 6.07) is 11.4. The van der Waals surface area contributed by atoms with Crippen LogP contribution in [0.4, 0.5) is 0 Å². The molecule has 3 heterocycles. The summed E-state index contributed by atoms with van der Waals surface area (Å²) in [4.78, 5) is 15.2. The van der Waals surface area contributed by atoms with Crippen LogP contribution in [-0.2, 0) is 13.1 Å². The first-order valence-electron chi connectivity index (χ1n) is 9.24. The zero-order valence-electron chi connectivity index (χ0n) is 15.8. The average molecular weight is 395 g/mol. The Labute approximate surface area is 166 Å². The lowest BCUT2D eigenvalue weighted by Gasteiger charge is -2.20. The van der Waals surface area contributed by atoms with Crippen LogP contribution >= 0.6 is 11.3 Å². The van der Waals surface area contributed by atoms with Gasteiger partial charge in [0.25, 0.3) is 5.89 Å². The van der Waals surface area contributed by atoms with Gasteiger partial charge in [-0.25, -0.2) is 4.79 Å². The van der Waals surface area contributed by atoms with Crippen LogP contribution in [-0.4, -0.2) is 21.6 Å². The fraction of sp³-hybridized carbons (Fsp3) is 0.286. The summed E-state index contributed by atoms with van der Waals surface area (Å²) in [5.41, 5.74) is 2.29. The predicted octanol–water partition coefficient (Wildman–Crippen LogP) is 4.63. The van der Waals surface area contributed by atoms with E-state index in [1.165, 1.54) is 0 Å². The molecule has 0 atom stereocenters. The van der Waals surface area contributed by atoms with E-state index >= 15 is 0 Å². The quantitative estimate of drug-likeness (QED) is 0.425. The molecule has 6 nitrogen and oxygen atoms in total. The van der Waals surface area contributed by atoms with Gasteiger partial charge >= 0.3 is 5.63 Å². The third-order valence-electron chi connectivity index (χ3n) is 4.48. The number of aromatic nitrogens is 2. The van der Waals surface area contributed by atoms with Crippen molar-refractivity contribution in [3.05, 3.63) is 69.2 Å². The van der Waals surface area contributed by atoms with Crippen molar-refractivity contribution in [1.29, 1.82) is 0 Å². The van der Waals surface area contributed by atoms with Gasteiger partial charge in [-0.15, -0.1) is 21.5 Å². The monoisotopic (exact) mass is 395 g/mol. The molecular formula is C21H21N3O3S. The molecule has 144 valence electrons. The Hall–Kier alpha value is -2.77. The summed E-state index contributed by atoms with van der Waals surface area (Å²) in [6.45, 7) is 6.09. The fourth-order valence-corrected chi connectivity index (χ4v) is 3.89. The maximum Gasteiger partial charge on any atom is 0.336 e. The summed E-state index contributed by atoms with van der Waals surface area (Å²) in [6.07, 6.45) is 0.977. The second-order valence-electron chi connectivity index (χ2n) is 6.78. The van der Waals surface area contributed by atoms with Crippen molar-refractivity contribution in [2.24, 2.45) is 0 Å². The lowest BCUT2D eigenvalue weighted by Crippen LogP contribution is -2.24. The number of benzene rings is 1. The van der Waals surface area contributed by atoms with Crippen molar-refractivity contribution in [3.63, 3.8) is 0 Å². The predicted molar refractivity (Wildman–Crippen MR) is 109 cm³/mol. The Balaban J connectivity index is 1.59. The van der Waals surface area contributed by atoms with E-state index in [0.29, 0.717) is 30.5 Å². The highest BCUT2D eigenvalue weighted by atomic mass is 32.1. The van der Waals surface area contributed by atoms with Gasteiger partial charge in [0, 0.05) is 18.0 Å². The van der Waals surface area contributed by atoms with Crippen molar-refractivity contribution in [3.8, 4) is 10.8 Å². The molecule has 28 heavy (non-hydrogen) atoms. The number of rotatable bonds is 7. The number of thiophene rings is 1. The molecule has 0 aliphatic heterocycles. The number of hydrogen-bond acceptors (Lipinski definition) is 7. The van der Waals surface area contributed by atoms with E-state index in [-0.39, 0.29) is 5.63 Å². The first-order chi connectivity index (χ1) is 13.6. The first kappa shape index (κ1) is 18.6. The van der Waals surface area contributed by atoms with Gasteiger partial charge in [0.05, 0.1) is 11.4 Å². The third kappa shape index (κ3) is 4.05. The van der Waals surface area contributed by atoms with Crippen molar-refractivity contribution >= 4 is 22.3 Å². The normalized spacial score (nSPS) is 11.5. The molecule has 3 aromatic heterocycles. The van der Waals surface area contributed by atoms with Gasteiger partial charge in [-0.05, 0) is 48.5 Å². The van der Waals surface area contributed by atoms with Crippen molar-refractivity contribution in [1.82, 2.24) is 15.1 Å². The van der Waals surface area contributed by atoms with E-state index in [0.717, 1.165) is 34.4 Å². The molecule has 0 amide bonds. The molecule has 0 N–H and O–H groups in total. The summed E-state index contributed by atoms with van der Waals surface area (Å²) in [5.74, 6) is 1.11. The third-order valence-corrected chi connectivity index (χ3v) is 5.34. The maximum absolute atomic E-state index is 12.0. The molecule has 4 aromatic rings. The van der Waals surface area contributed by atoms with E-state index in [9.17, 15) is 4.79 Å². The first-order valence-corrected chi connectivity index (χ1v) is 10.1. The standard InChI is InChI=1S/C21H21N3O3S/c1-3-8-24(13-19-22-23-21(27-19)18-5-4-9-28-18)12-15-11-20(25)26-17-10-14(2)6-7-16(15)17/h4-7,9-11H,3,8,12-13H2,1-2H3. The van der Waals surface area contributed by atoms with Gasteiger partial charge in [0.1, 0.15) is 5.58 Å². The van der Waals surface area contributed by atoms with E-state index in [4.69, 9.17) is 8.83 Å². The molecule has 0 radical (unpaired) electrons. The van der Waals surface area contributed by atoms with Gasteiger partial charge in [-0.1, -0.05) is 25.1 Å². The zero-order valence-corrected chi connectivity index (χ0v) is 16.7. The van der Waals surface area contributed by atoms with E-state index in [1.54, 1.807) is 17.4 Å². The van der Waals surface area contributed by atoms with Gasteiger partial charge in [-0.2, -0.15) is 0 Å². The maximum atomic E-state index is 12.0. The molecule has 0 aliphatic carbocycles. The van der Waals surface area contributed by atoms with E-state index in [1.807, 2.05) is 42.6 Å². The second-order valence-corrected chi connectivity index (χ2v) is 7.73. The Morgan fingerprint density at radius 1 is 1.11 bits per heavy atom. The fourth-order valence-electron chi connectivity index (χ4n) is 3.25. The number of fused-ring (bicyclic) bond motifs is 1. The Morgan fingerprint density at radius 3 is 2.79 bits per heavy atom. The second kappa shape index (κ2) is 8.08. The Kier molecular flexibility index (Phi) is 5.36. The van der Waals surface area contributed by atoms with Crippen LogP contribution in [0, 0.1) is 6.92 Å². The highest BCUT2D eigenvalue weighted by molar-refractivity contribution is 7.13. The molecule has 0 saturated heterocycles. The highest BCUT2D eigenvalue weighted by Gasteiger charge is 2.15. The van der Waals surface area contributed by atoms with Crippen LogP contribution in [0.25, 0.3) is 21.7 Å². The average Bonchev–Trinajstić information content (AvgIpc) is 3.32. The number of aryl methyl sites for hydroxylation is 1. The van der Waals surface area contributed by atoms with Crippen molar-refractivity contribution in [2.75, 3.05) is 6.54 Å². The molecule has 0 saturated carbocycles. The van der Waals surface area contributed by atoms with Crippen LogP contribution in [0.5, 0.6) is 0 Å². The van der Waals surface area contributed by atoms with Crippen LogP contribution < -0.4 is 5.63 Å². The molecule has 0 unspecified atom stereocenters. The van der Waals surface area contributed by atoms with Crippen molar-refractivity contribution in [2.45, 2.75) is 33.4 Å². The molecule has 0 spiro atoms. The lowest BCUT2D eigenvalue weighted by atomic mass is 10.1. The molecule has 1 aromatic carbocycles. The highest BCUT2D eigenvalue weighted by Crippen LogP contribution is 2.24. The molecule has 4 rings (SSSR count).